The Bertz CT molecular complexity index is 561. The number of amides is 2. The second-order valence-corrected chi connectivity index (χ2v) is 4.87. The van der Waals surface area contributed by atoms with Crippen LogP contribution >= 0.6 is 0 Å². The van der Waals surface area contributed by atoms with Crippen molar-refractivity contribution in [2.45, 2.75) is 25.9 Å². The van der Waals surface area contributed by atoms with Gasteiger partial charge in [-0.15, -0.1) is 0 Å². The zero-order valence-corrected chi connectivity index (χ0v) is 12.7. The molecule has 0 aliphatic carbocycles. The predicted octanol–water partition coefficient (Wildman–Crippen LogP) is 0.864. The van der Waals surface area contributed by atoms with Gasteiger partial charge in [-0.2, -0.15) is 0 Å². The lowest BCUT2D eigenvalue weighted by molar-refractivity contribution is -0.384. The van der Waals surface area contributed by atoms with Crippen molar-refractivity contribution in [1.29, 1.82) is 0 Å². The Kier molecular flexibility index (Phi) is 6.46. The lowest BCUT2D eigenvalue weighted by Gasteiger charge is -2.18. The standard InChI is InChI=1S/C14H19N3O5/c1-9(8-22-3)15-13(18)10(2)16-14(19)11-5-4-6-12(7-11)17(20)21/h4-7,9-10H,8H2,1-3H3,(H,15,18)(H,16,19). The fourth-order valence-corrected chi connectivity index (χ4v) is 1.77. The number of rotatable bonds is 7. The van der Waals surface area contributed by atoms with E-state index >= 15 is 0 Å². The predicted molar refractivity (Wildman–Crippen MR) is 79.5 cm³/mol. The van der Waals surface area contributed by atoms with Gasteiger partial charge in [-0.25, -0.2) is 0 Å². The molecule has 8 heteroatoms. The maximum atomic E-state index is 12.0. The minimum absolute atomic E-state index is 0.124. The molecule has 22 heavy (non-hydrogen) atoms. The van der Waals surface area contributed by atoms with Gasteiger partial charge in [0, 0.05) is 30.8 Å². The van der Waals surface area contributed by atoms with E-state index in [1.54, 1.807) is 6.92 Å². The van der Waals surface area contributed by atoms with Gasteiger partial charge in [0.15, 0.2) is 0 Å². The van der Waals surface area contributed by atoms with Gasteiger partial charge in [-0.05, 0) is 19.9 Å². The summed E-state index contributed by atoms with van der Waals surface area (Å²) < 4.78 is 4.90. The summed E-state index contributed by atoms with van der Waals surface area (Å²) in [7, 11) is 1.52. The van der Waals surface area contributed by atoms with Crippen molar-refractivity contribution in [3.63, 3.8) is 0 Å². The average Bonchev–Trinajstić information content (AvgIpc) is 2.47. The molecule has 0 radical (unpaired) electrons. The molecule has 0 aliphatic heterocycles. The summed E-state index contributed by atoms with van der Waals surface area (Å²) in [4.78, 5) is 34.0. The summed E-state index contributed by atoms with van der Waals surface area (Å²) in [5, 5.41) is 15.9. The summed E-state index contributed by atoms with van der Waals surface area (Å²) in [6.45, 7) is 3.66. The van der Waals surface area contributed by atoms with Gasteiger partial charge < -0.3 is 15.4 Å². The molecule has 2 amide bonds. The lowest BCUT2D eigenvalue weighted by Crippen LogP contribution is -2.48. The van der Waals surface area contributed by atoms with Gasteiger partial charge >= 0.3 is 0 Å². The summed E-state index contributed by atoms with van der Waals surface area (Å²) in [6.07, 6.45) is 0. The van der Waals surface area contributed by atoms with Gasteiger partial charge in [0.25, 0.3) is 11.6 Å². The van der Waals surface area contributed by atoms with E-state index in [9.17, 15) is 19.7 Å². The molecule has 0 fully saturated rings. The number of nitro groups is 1. The van der Waals surface area contributed by atoms with Gasteiger partial charge in [0.1, 0.15) is 6.04 Å². The molecule has 0 aliphatic rings. The number of nitro benzene ring substituents is 1. The molecule has 0 saturated carbocycles. The second-order valence-electron chi connectivity index (χ2n) is 4.87. The molecule has 0 aromatic heterocycles. The molecule has 0 bridgehead atoms. The molecule has 2 N–H and O–H groups in total. The summed E-state index contributed by atoms with van der Waals surface area (Å²) in [5.74, 6) is -0.908. The third-order valence-corrected chi connectivity index (χ3v) is 2.87. The number of carbonyl (C=O) groups is 2. The number of ether oxygens (including phenoxy) is 1. The number of hydrogen-bond acceptors (Lipinski definition) is 5. The van der Waals surface area contributed by atoms with Gasteiger partial charge in [-0.1, -0.05) is 6.07 Å². The van der Waals surface area contributed by atoms with E-state index in [0.717, 1.165) is 6.07 Å². The number of hydrogen-bond donors (Lipinski definition) is 2. The molecule has 2 atom stereocenters. The largest absolute Gasteiger partial charge is 0.383 e. The minimum atomic E-state index is -0.772. The highest BCUT2D eigenvalue weighted by Crippen LogP contribution is 2.13. The number of nitrogens with one attached hydrogen (secondary N) is 2. The van der Waals surface area contributed by atoms with Crippen LogP contribution in [0.1, 0.15) is 24.2 Å². The van der Waals surface area contributed by atoms with Crippen LogP contribution in [0.2, 0.25) is 0 Å². The summed E-state index contributed by atoms with van der Waals surface area (Å²) in [6, 6.07) is 4.35. The van der Waals surface area contributed by atoms with Crippen molar-refractivity contribution < 1.29 is 19.2 Å². The van der Waals surface area contributed by atoms with E-state index in [1.165, 1.54) is 32.2 Å². The Balaban J connectivity index is 2.65. The maximum Gasteiger partial charge on any atom is 0.270 e. The molecule has 8 nitrogen and oxygen atoms in total. The molecule has 0 spiro atoms. The first kappa shape index (κ1) is 17.6. The van der Waals surface area contributed by atoms with Crippen LogP contribution in [0.4, 0.5) is 5.69 Å². The highest BCUT2D eigenvalue weighted by Gasteiger charge is 2.19. The minimum Gasteiger partial charge on any atom is -0.383 e. The molecule has 0 heterocycles. The van der Waals surface area contributed by atoms with Gasteiger partial charge in [-0.3, -0.25) is 19.7 Å². The van der Waals surface area contributed by atoms with Crippen molar-refractivity contribution >= 4 is 17.5 Å². The first-order valence-electron chi connectivity index (χ1n) is 6.69. The van der Waals surface area contributed by atoms with E-state index in [2.05, 4.69) is 10.6 Å². The molecule has 1 aromatic rings. The topological polar surface area (TPSA) is 111 Å². The van der Waals surface area contributed by atoms with Crippen LogP contribution < -0.4 is 10.6 Å². The number of methoxy groups -OCH3 is 1. The number of nitrogens with zero attached hydrogens (tertiary/aromatic N) is 1. The molecule has 1 aromatic carbocycles. The fraction of sp³-hybridized carbons (Fsp3) is 0.429. The SMILES string of the molecule is COCC(C)NC(=O)C(C)NC(=O)c1cccc([N+](=O)[O-])c1. The molecule has 2 unspecified atom stereocenters. The molecule has 120 valence electrons. The van der Waals surface area contributed by atoms with Crippen LogP contribution in [-0.4, -0.2) is 42.5 Å². The van der Waals surface area contributed by atoms with Crippen LogP contribution in [0.25, 0.3) is 0 Å². The number of carbonyl (C=O) groups excluding carboxylic acids is 2. The van der Waals surface area contributed by atoms with E-state index < -0.39 is 16.9 Å². The van der Waals surface area contributed by atoms with Gasteiger partial charge in [0.05, 0.1) is 11.5 Å². The molecule has 0 saturated heterocycles. The third-order valence-electron chi connectivity index (χ3n) is 2.87. The average molecular weight is 309 g/mol. The number of non-ortho nitro benzene ring substituents is 1. The lowest BCUT2D eigenvalue weighted by atomic mass is 10.1. The van der Waals surface area contributed by atoms with Gasteiger partial charge in [0.2, 0.25) is 5.91 Å². The number of benzene rings is 1. The first-order chi connectivity index (χ1) is 10.3. The van der Waals surface area contributed by atoms with Crippen LogP contribution in [0.5, 0.6) is 0 Å². The molecular weight excluding hydrogens is 290 g/mol. The second kappa shape index (κ2) is 8.08. The maximum absolute atomic E-state index is 12.0. The Morgan fingerprint density at radius 1 is 1.32 bits per heavy atom. The Hall–Kier alpha value is -2.48. The monoisotopic (exact) mass is 309 g/mol. The highest BCUT2D eigenvalue weighted by molar-refractivity contribution is 5.97. The summed E-state index contributed by atoms with van der Waals surface area (Å²) in [5.41, 5.74) is -0.0581. The van der Waals surface area contributed by atoms with Crippen LogP contribution in [0, 0.1) is 10.1 Å². The van der Waals surface area contributed by atoms with Crippen molar-refractivity contribution in [1.82, 2.24) is 10.6 Å². The first-order valence-corrected chi connectivity index (χ1v) is 6.69. The van der Waals surface area contributed by atoms with Crippen molar-refractivity contribution in [3.8, 4) is 0 Å². The Morgan fingerprint density at radius 2 is 2.00 bits per heavy atom. The third kappa shape index (κ3) is 5.13. The molecule has 1 rings (SSSR count). The Morgan fingerprint density at radius 3 is 2.59 bits per heavy atom. The fourth-order valence-electron chi connectivity index (χ4n) is 1.77. The van der Waals surface area contributed by atoms with E-state index in [1.807, 2.05) is 0 Å². The highest BCUT2D eigenvalue weighted by atomic mass is 16.6. The van der Waals surface area contributed by atoms with Crippen LogP contribution in [0.15, 0.2) is 24.3 Å². The Labute approximate surface area is 128 Å². The van der Waals surface area contributed by atoms with E-state index in [0.29, 0.717) is 6.61 Å². The van der Waals surface area contributed by atoms with Crippen molar-refractivity contribution in [2.75, 3.05) is 13.7 Å². The smallest absolute Gasteiger partial charge is 0.270 e. The zero-order chi connectivity index (χ0) is 16.7. The van der Waals surface area contributed by atoms with Crippen LogP contribution in [0.3, 0.4) is 0 Å². The summed E-state index contributed by atoms with van der Waals surface area (Å²) >= 11 is 0. The normalized spacial score (nSPS) is 13.0. The van der Waals surface area contributed by atoms with Crippen molar-refractivity contribution in [2.24, 2.45) is 0 Å². The van der Waals surface area contributed by atoms with E-state index in [-0.39, 0.29) is 23.2 Å². The van der Waals surface area contributed by atoms with Crippen LogP contribution in [-0.2, 0) is 9.53 Å². The van der Waals surface area contributed by atoms with E-state index in [4.69, 9.17) is 4.74 Å². The zero-order valence-electron chi connectivity index (χ0n) is 12.7. The van der Waals surface area contributed by atoms with Crippen molar-refractivity contribution in [3.05, 3.63) is 39.9 Å². The molecular formula is C14H19N3O5. The quantitative estimate of drug-likeness (QED) is 0.573.